The van der Waals surface area contributed by atoms with Crippen molar-refractivity contribution in [1.29, 1.82) is 0 Å². The minimum Gasteiger partial charge on any atom is -0.363 e. The summed E-state index contributed by atoms with van der Waals surface area (Å²) in [6.07, 6.45) is 4.31. The maximum absolute atomic E-state index is 11.6. The van der Waals surface area contributed by atoms with Crippen molar-refractivity contribution in [2.24, 2.45) is 10.9 Å². The van der Waals surface area contributed by atoms with Crippen LogP contribution in [0.25, 0.3) is 0 Å². The van der Waals surface area contributed by atoms with E-state index < -0.39 is 0 Å². The number of thiophene rings is 1. The average molecular weight is 477 g/mol. The fourth-order valence-corrected chi connectivity index (χ4v) is 3.72. The topological polar surface area (TPSA) is 68.8 Å². The number of carbonyl (C=O) groups excluding carboxylic acids is 1. The third kappa shape index (κ3) is 6.32. The average Bonchev–Trinajstić information content (AvgIpc) is 3.33. The standard InChI is InChI=1S/C17H27N5OS.HI/c1-18-17(20-9-8-19-16(23)13-4-5-13)21-14-6-10-22(11-7-14)15-3-2-12-24-15;/h2-3,12-14H,4-11H2,1H3,(H,19,23)(H2,18,20,21);1H. The van der Waals surface area contributed by atoms with Crippen molar-refractivity contribution in [3.8, 4) is 0 Å². The molecule has 0 radical (unpaired) electrons. The molecule has 1 aliphatic carbocycles. The lowest BCUT2D eigenvalue weighted by Gasteiger charge is -2.33. The third-order valence-corrected chi connectivity index (χ3v) is 5.47. The highest BCUT2D eigenvalue weighted by Gasteiger charge is 2.29. The maximum Gasteiger partial charge on any atom is 0.223 e. The van der Waals surface area contributed by atoms with Crippen LogP contribution in [0.15, 0.2) is 22.5 Å². The van der Waals surface area contributed by atoms with Gasteiger partial charge in [0.2, 0.25) is 5.91 Å². The molecule has 0 aromatic carbocycles. The Kier molecular flexibility index (Phi) is 8.28. The monoisotopic (exact) mass is 477 g/mol. The van der Waals surface area contributed by atoms with E-state index in [1.165, 1.54) is 5.00 Å². The molecule has 25 heavy (non-hydrogen) atoms. The molecule has 8 heteroatoms. The molecule has 1 saturated heterocycles. The van der Waals surface area contributed by atoms with Crippen LogP contribution < -0.4 is 20.9 Å². The molecule has 0 spiro atoms. The quantitative estimate of drug-likeness (QED) is 0.254. The molecular formula is C17H28IN5OS. The van der Waals surface area contributed by atoms with Gasteiger partial charge in [0.1, 0.15) is 0 Å². The summed E-state index contributed by atoms with van der Waals surface area (Å²) < 4.78 is 0. The molecule has 6 nitrogen and oxygen atoms in total. The molecule has 0 atom stereocenters. The van der Waals surface area contributed by atoms with E-state index in [0.29, 0.717) is 19.1 Å². The summed E-state index contributed by atoms with van der Waals surface area (Å²) in [5.41, 5.74) is 0. The summed E-state index contributed by atoms with van der Waals surface area (Å²) in [4.78, 5) is 18.3. The number of halogens is 1. The molecule has 2 heterocycles. The summed E-state index contributed by atoms with van der Waals surface area (Å²) in [6.45, 7) is 3.50. The zero-order chi connectivity index (χ0) is 16.8. The van der Waals surface area contributed by atoms with E-state index in [4.69, 9.17) is 0 Å². The van der Waals surface area contributed by atoms with Gasteiger partial charge in [-0.3, -0.25) is 9.79 Å². The van der Waals surface area contributed by atoms with E-state index >= 15 is 0 Å². The number of guanidine groups is 1. The summed E-state index contributed by atoms with van der Waals surface area (Å²) in [5, 5.41) is 13.2. The Labute approximate surface area is 170 Å². The van der Waals surface area contributed by atoms with Crippen LogP contribution in [0.2, 0.25) is 0 Å². The van der Waals surface area contributed by atoms with Gasteiger partial charge in [0.05, 0.1) is 5.00 Å². The Hall–Kier alpha value is -1.03. The van der Waals surface area contributed by atoms with Gasteiger partial charge in [-0.05, 0) is 43.2 Å². The first kappa shape index (κ1) is 20.3. The maximum atomic E-state index is 11.6. The van der Waals surface area contributed by atoms with Gasteiger partial charge >= 0.3 is 0 Å². The minimum absolute atomic E-state index is 0. The fraction of sp³-hybridized carbons (Fsp3) is 0.647. The number of nitrogens with zero attached hydrogens (tertiary/aromatic N) is 2. The number of aliphatic imine (C=N–C) groups is 1. The van der Waals surface area contributed by atoms with Gasteiger partial charge in [-0.15, -0.1) is 35.3 Å². The van der Waals surface area contributed by atoms with E-state index in [2.05, 4.69) is 43.4 Å². The first-order chi connectivity index (χ1) is 11.8. The van der Waals surface area contributed by atoms with Crippen molar-refractivity contribution in [1.82, 2.24) is 16.0 Å². The van der Waals surface area contributed by atoms with Gasteiger partial charge in [0, 0.05) is 45.2 Å². The largest absolute Gasteiger partial charge is 0.363 e. The van der Waals surface area contributed by atoms with Crippen LogP contribution >= 0.6 is 35.3 Å². The van der Waals surface area contributed by atoms with E-state index in [9.17, 15) is 4.79 Å². The van der Waals surface area contributed by atoms with Gasteiger partial charge in [-0.2, -0.15) is 0 Å². The molecule has 1 saturated carbocycles. The van der Waals surface area contributed by atoms with Crippen LogP contribution in [-0.4, -0.2) is 51.1 Å². The second kappa shape index (κ2) is 10.2. The van der Waals surface area contributed by atoms with Crippen LogP contribution in [0.5, 0.6) is 0 Å². The Morgan fingerprint density at radius 3 is 2.56 bits per heavy atom. The van der Waals surface area contributed by atoms with Crippen LogP contribution in [0.4, 0.5) is 5.00 Å². The van der Waals surface area contributed by atoms with Gasteiger partial charge in [0.25, 0.3) is 0 Å². The molecule has 1 amide bonds. The number of rotatable bonds is 6. The summed E-state index contributed by atoms with van der Waals surface area (Å²) >= 11 is 1.81. The summed E-state index contributed by atoms with van der Waals surface area (Å²) in [7, 11) is 1.79. The van der Waals surface area contributed by atoms with E-state index in [0.717, 1.165) is 44.7 Å². The first-order valence-electron chi connectivity index (χ1n) is 8.79. The highest BCUT2D eigenvalue weighted by atomic mass is 127. The summed E-state index contributed by atoms with van der Waals surface area (Å²) in [5.74, 6) is 1.29. The molecular weight excluding hydrogens is 449 g/mol. The number of hydrogen-bond acceptors (Lipinski definition) is 4. The van der Waals surface area contributed by atoms with Crippen molar-refractivity contribution in [2.75, 3.05) is 38.1 Å². The first-order valence-corrected chi connectivity index (χ1v) is 9.67. The smallest absolute Gasteiger partial charge is 0.223 e. The zero-order valence-corrected chi connectivity index (χ0v) is 17.8. The molecule has 1 aliphatic heterocycles. The number of anilines is 1. The lowest BCUT2D eigenvalue weighted by molar-refractivity contribution is -0.122. The zero-order valence-electron chi connectivity index (χ0n) is 14.7. The number of hydrogen-bond donors (Lipinski definition) is 3. The normalized spacial score (nSPS) is 18.4. The molecule has 1 aromatic rings. The van der Waals surface area contributed by atoms with Gasteiger partial charge < -0.3 is 20.9 Å². The molecule has 2 aliphatic rings. The molecule has 1 aromatic heterocycles. The second-order valence-corrected chi connectivity index (χ2v) is 7.35. The second-order valence-electron chi connectivity index (χ2n) is 6.42. The highest BCUT2D eigenvalue weighted by Crippen LogP contribution is 2.28. The van der Waals surface area contributed by atoms with Crippen molar-refractivity contribution < 1.29 is 4.79 Å². The third-order valence-electron chi connectivity index (χ3n) is 4.54. The Morgan fingerprint density at radius 1 is 1.24 bits per heavy atom. The molecule has 3 rings (SSSR count). The van der Waals surface area contributed by atoms with Crippen LogP contribution in [-0.2, 0) is 4.79 Å². The van der Waals surface area contributed by atoms with Gasteiger partial charge in [-0.25, -0.2) is 0 Å². The number of amides is 1. The Morgan fingerprint density at radius 2 is 1.96 bits per heavy atom. The van der Waals surface area contributed by atoms with Gasteiger partial charge in [0.15, 0.2) is 5.96 Å². The number of piperidine rings is 1. The van der Waals surface area contributed by atoms with Crippen LogP contribution in [0, 0.1) is 5.92 Å². The number of nitrogens with one attached hydrogen (secondary N) is 3. The van der Waals surface area contributed by atoms with E-state index in [1.807, 2.05) is 0 Å². The SMILES string of the molecule is CN=C(NCCNC(=O)C1CC1)NC1CCN(c2cccs2)CC1.I. The van der Waals surface area contributed by atoms with Crippen molar-refractivity contribution in [3.63, 3.8) is 0 Å². The predicted molar refractivity (Wildman–Crippen MR) is 115 cm³/mol. The van der Waals surface area contributed by atoms with Crippen molar-refractivity contribution in [3.05, 3.63) is 17.5 Å². The van der Waals surface area contributed by atoms with Crippen molar-refractivity contribution in [2.45, 2.75) is 31.7 Å². The van der Waals surface area contributed by atoms with Gasteiger partial charge in [-0.1, -0.05) is 0 Å². The summed E-state index contributed by atoms with van der Waals surface area (Å²) in [6, 6.07) is 4.75. The van der Waals surface area contributed by atoms with Crippen LogP contribution in [0.3, 0.4) is 0 Å². The molecule has 0 bridgehead atoms. The van der Waals surface area contributed by atoms with E-state index in [-0.39, 0.29) is 35.8 Å². The number of carbonyl (C=O) groups is 1. The lowest BCUT2D eigenvalue weighted by Crippen LogP contribution is -2.49. The van der Waals surface area contributed by atoms with Crippen LogP contribution in [0.1, 0.15) is 25.7 Å². The lowest BCUT2D eigenvalue weighted by atomic mass is 10.1. The Balaban J connectivity index is 0.00000225. The van der Waals surface area contributed by atoms with E-state index in [1.54, 1.807) is 18.4 Å². The minimum atomic E-state index is 0. The molecule has 140 valence electrons. The molecule has 2 fully saturated rings. The molecule has 0 unspecified atom stereocenters. The predicted octanol–water partition coefficient (Wildman–Crippen LogP) is 2.03. The Bertz CT molecular complexity index is 553. The highest BCUT2D eigenvalue weighted by molar-refractivity contribution is 14.0. The van der Waals surface area contributed by atoms with Crippen molar-refractivity contribution >= 4 is 52.2 Å². The fourth-order valence-electron chi connectivity index (χ4n) is 2.94. The molecule has 3 N–H and O–H groups in total.